The molecule has 0 atom stereocenters. The topological polar surface area (TPSA) is 21.3 Å². The van der Waals surface area contributed by atoms with Gasteiger partial charge in [0.05, 0.1) is 16.7 Å². The molecule has 0 unspecified atom stereocenters. The van der Waals surface area contributed by atoms with E-state index in [0.717, 1.165) is 72.5 Å². The van der Waals surface area contributed by atoms with Crippen molar-refractivity contribution >= 4 is 60.8 Å². The lowest BCUT2D eigenvalue weighted by Crippen LogP contribution is -2.10. The van der Waals surface area contributed by atoms with Crippen LogP contribution in [-0.2, 0) is 0 Å². The van der Waals surface area contributed by atoms with Crippen molar-refractivity contribution in [1.29, 1.82) is 0 Å². The van der Waals surface area contributed by atoms with Crippen LogP contribution >= 0.6 is 0 Å². The van der Waals surface area contributed by atoms with E-state index in [1.54, 1.807) is 0 Å². The second kappa shape index (κ2) is 15.3. The predicted octanol–water partition coefficient (Wildman–Crippen LogP) is 16.8. The van der Waals surface area contributed by atoms with Gasteiger partial charge in [0.25, 0.3) is 0 Å². The number of para-hydroxylation sites is 5. The molecule has 0 spiro atoms. The molecule has 3 nitrogen and oxygen atoms in total. The summed E-state index contributed by atoms with van der Waals surface area (Å²) in [6.07, 6.45) is 0. The predicted molar refractivity (Wildman–Crippen MR) is 264 cm³/mol. The van der Waals surface area contributed by atoms with E-state index < -0.39 is 0 Å². The number of anilines is 3. The zero-order valence-electron chi connectivity index (χ0n) is 34.4. The highest BCUT2D eigenvalue weighted by atomic mass is 16.3. The van der Waals surface area contributed by atoms with Crippen LogP contribution in [0.4, 0.5) is 17.1 Å². The van der Waals surface area contributed by atoms with E-state index in [2.05, 4.69) is 240 Å². The first-order chi connectivity index (χ1) is 31.2. The number of nitrogens with zero attached hydrogens (tertiary/aromatic N) is 2. The lowest BCUT2D eigenvalue weighted by molar-refractivity contribution is 0.670. The largest absolute Gasteiger partial charge is 0.455 e. The Morgan fingerprint density at radius 1 is 0.302 bits per heavy atom. The highest BCUT2D eigenvalue weighted by Crippen LogP contribution is 2.43. The molecule has 2 aromatic heterocycles. The van der Waals surface area contributed by atoms with Crippen molar-refractivity contribution in [1.82, 2.24) is 4.57 Å². The summed E-state index contributed by atoms with van der Waals surface area (Å²) >= 11 is 0. The first-order valence-electron chi connectivity index (χ1n) is 21.5. The molecule has 12 rings (SSSR count). The summed E-state index contributed by atoms with van der Waals surface area (Å²) in [5, 5.41) is 4.75. The lowest BCUT2D eigenvalue weighted by Gasteiger charge is -2.27. The molecule has 3 heteroatoms. The fourth-order valence-corrected chi connectivity index (χ4v) is 9.45. The third-order valence-corrected chi connectivity index (χ3v) is 12.4. The Balaban J connectivity index is 1.00. The van der Waals surface area contributed by atoms with Gasteiger partial charge in [-0.2, -0.15) is 0 Å². The summed E-state index contributed by atoms with van der Waals surface area (Å²) in [5.41, 5.74) is 17.7. The highest BCUT2D eigenvalue weighted by molar-refractivity contribution is 6.11. The quantitative estimate of drug-likeness (QED) is 0.153. The number of furan rings is 1. The molecule has 12 aromatic rings. The molecule has 0 amide bonds. The van der Waals surface area contributed by atoms with Gasteiger partial charge in [-0.05, 0) is 100 Å². The second-order valence-electron chi connectivity index (χ2n) is 16.1. The van der Waals surface area contributed by atoms with Gasteiger partial charge >= 0.3 is 0 Å². The van der Waals surface area contributed by atoms with Crippen LogP contribution in [0.3, 0.4) is 0 Å². The van der Waals surface area contributed by atoms with Crippen molar-refractivity contribution in [3.63, 3.8) is 0 Å². The molecular weight excluding hydrogens is 765 g/mol. The molecule has 0 saturated heterocycles. The van der Waals surface area contributed by atoms with Gasteiger partial charge in [0.2, 0.25) is 0 Å². The Hall–Kier alpha value is -8.40. The minimum absolute atomic E-state index is 0.900. The molecule has 0 fully saturated rings. The van der Waals surface area contributed by atoms with Gasteiger partial charge in [-0.1, -0.05) is 176 Å². The van der Waals surface area contributed by atoms with Crippen molar-refractivity contribution in [2.75, 3.05) is 4.90 Å². The maximum atomic E-state index is 6.47. The van der Waals surface area contributed by atoms with Gasteiger partial charge in [-0.15, -0.1) is 0 Å². The standard InChI is InChI=1S/C60H40N2O/c1-2-16-41(17-3-1)43-18-12-19-44(38-43)45-20-13-22-48(39-45)61(47-36-34-42(35-37-47)51-28-15-29-55-54-27-7-11-33-59(54)63-60(51)55)49-23-14-21-46(40-49)50-24-4-8-30-56(50)62-57-31-9-5-25-52(57)53-26-6-10-32-58(53)62/h1-40H. The molecule has 0 bridgehead atoms. The lowest BCUT2D eigenvalue weighted by atomic mass is 9.98. The van der Waals surface area contributed by atoms with Crippen molar-refractivity contribution in [2.24, 2.45) is 0 Å². The Labute approximate surface area is 366 Å². The van der Waals surface area contributed by atoms with Gasteiger partial charge in [0.1, 0.15) is 11.2 Å². The first kappa shape index (κ1) is 36.5. The molecule has 10 aromatic carbocycles. The van der Waals surface area contributed by atoms with E-state index in [-0.39, 0.29) is 0 Å². The van der Waals surface area contributed by atoms with Gasteiger partial charge in [0, 0.05) is 49.7 Å². The summed E-state index contributed by atoms with van der Waals surface area (Å²) in [7, 11) is 0. The Bertz CT molecular complexity index is 3580. The maximum Gasteiger partial charge on any atom is 0.143 e. The van der Waals surface area contributed by atoms with Crippen molar-refractivity contribution in [3.8, 4) is 50.2 Å². The average molecular weight is 805 g/mol. The van der Waals surface area contributed by atoms with Crippen LogP contribution in [-0.4, -0.2) is 4.57 Å². The molecule has 0 aliphatic carbocycles. The van der Waals surface area contributed by atoms with Crippen LogP contribution in [0.1, 0.15) is 0 Å². The van der Waals surface area contributed by atoms with E-state index >= 15 is 0 Å². The van der Waals surface area contributed by atoms with Crippen LogP contribution in [0.15, 0.2) is 247 Å². The summed E-state index contributed by atoms with van der Waals surface area (Å²) < 4.78 is 8.89. The van der Waals surface area contributed by atoms with E-state index in [1.807, 2.05) is 12.1 Å². The molecule has 0 aliphatic heterocycles. The first-order valence-corrected chi connectivity index (χ1v) is 21.5. The molecule has 0 aliphatic rings. The van der Waals surface area contributed by atoms with Gasteiger partial charge in [-0.3, -0.25) is 0 Å². The smallest absolute Gasteiger partial charge is 0.143 e. The molecule has 2 heterocycles. The van der Waals surface area contributed by atoms with Gasteiger partial charge < -0.3 is 13.9 Å². The maximum absolute atomic E-state index is 6.47. The normalized spacial score (nSPS) is 11.5. The molecule has 63 heavy (non-hydrogen) atoms. The summed E-state index contributed by atoms with van der Waals surface area (Å²) in [4.78, 5) is 2.38. The molecular formula is C60H40N2O. The fourth-order valence-electron chi connectivity index (χ4n) is 9.45. The monoisotopic (exact) mass is 804 g/mol. The average Bonchev–Trinajstić information content (AvgIpc) is 3.91. The third kappa shape index (κ3) is 6.38. The molecule has 0 radical (unpaired) electrons. The van der Waals surface area contributed by atoms with Crippen LogP contribution in [0, 0.1) is 0 Å². The van der Waals surface area contributed by atoms with E-state index in [0.29, 0.717) is 0 Å². The van der Waals surface area contributed by atoms with Crippen LogP contribution in [0.25, 0.3) is 93.9 Å². The Morgan fingerprint density at radius 2 is 0.810 bits per heavy atom. The van der Waals surface area contributed by atoms with E-state index in [1.165, 1.54) is 38.5 Å². The minimum atomic E-state index is 0.900. The number of hydrogen-bond donors (Lipinski definition) is 0. The minimum Gasteiger partial charge on any atom is -0.455 e. The van der Waals surface area contributed by atoms with Crippen LogP contribution in [0.5, 0.6) is 0 Å². The third-order valence-electron chi connectivity index (χ3n) is 12.4. The van der Waals surface area contributed by atoms with E-state index in [9.17, 15) is 0 Å². The SMILES string of the molecule is c1ccc(-c2cccc(-c3cccc(N(c4ccc(-c5cccc6c5oc5ccccc56)cc4)c4cccc(-c5ccccc5-n5c6ccccc6c6ccccc65)c4)c3)c2)cc1. The number of aromatic nitrogens is 1. The summed E-state index contributed by atoms with van der Waals surface area (Å²) in [5.74, 6) is 0. The molecule has 296 valence electrons. The number of fused-ring (bicyclic) bond motifs is 6. The van der Waals surface area contributed by atoms with Gasteiger partial charge in [-0.25, -0.2) is 0 Å². The fraction of sp³-hybridized carbons (Fsp3) is 0. The Kier molecular flexibility index (Phi) is 8.83. The molecule has 0 N–H and O–H groups in total. The highest BCUT2D eigenvalue weighted by Gasteiger charge is 2.19. The number of hydrogen-bond acceptors (Lipinski definition) is 2. The van der Waals surface area contributed by atoms with Gasteiger partial charge in [0.15, 0.2) is 0 Å². The Morgan fingerprint density at radius 3 is 1.56 bits per heavy atom. The molecule has 0 saturated carbocycles. The summed E-state index contributed by atoms with van der Waals surface area (Å²) in [6.45, 7) is 0. The second-order valence-corrected chi connectivity index (χ2v) is 16.1. The number of rotatable bonds is 8. The number of benzene rings is 10. The van der Waals surface area contributed by atoms with E-state index in [4.69, 9.17) is 4.42 Å². The van der Waals surface area contributed by atoms with Crippen LogP contribution in [0.2, 0.25) is 0 Å². The zero-order chi connectivity index (χ0) is 41.7. The zero-order valence-corrected chi connectivity index (χ0v) is 34.4. The van der Waals surface area contributed by atoms with Crippen LogP contribution < -0.4 is 4.90 Å². The van der Waals surface area contributed by atoms with Crippen molar-refractivity contribution < 1.29 is 4.42 Å². The summed E-state index contributed by atoms with van der Waals surface area (Å²) in [6, 6.07) is 87.1. The van der Waals surface area contributed by atoms with Crippen molar-refractivity contribution in [3.05, 3.63) is 243 Å². The van der Waals surface area contributed by atoms with Crippen molar-refractivity contribution in [2.45, 2.75) is 0 Å².